The molecule has 7 heteroatoms. The van der Waals surface area contributed by atoms with Crippen molar-refractivity contribution >= 4 is 25.8 Å². The molecule has 0 bridgehead atoms. The molecule has 0 saturated carbocycles. The molecule has 0 N–H and O–H groups in total. The zero-order chi connectivity index (χ0) is 11.7. The van der Waals surface area contributed by atoms with Gasteiger partial charge in [-0.05, 0) is 24.3 Å². The summed E-state index contributed by atoms with van der Waals surface area (Å²) in [5.74, 6) is -1.83. The van der Waals surface area contributed by atoms with Crippen LogP contribution < -0.4 is 0 Å². The Morgan fingerprint density at radius 2 is 1.60 bits per heavy atom. The van der Waals surface area contributed by atoms with E-state index in [4.69, 9.17) is 0 Å². The van der Waals surface area contributed by atoms with Gasteiger partial charge >= 0.3 is 6.18 Å². The quantitative estimate of drug-likeness (QED) is 0.842. The lowest BCUT2D eigenvalue weighted by Crippen LogP contribution is -2.22. The van der Waals surface area contributed by atoms with Gasteiger partial charge in [0.2, 0.25) is 0 Å². The molecule has 0 amide bonds. The molecule has 0 unspecified atom stereocenters. The average molecular weight is 303 g/mol. The number of hydrogen-bond acceptors (Lipinski definition) is 2. The van der Waals surface area contributed by atoms with Crippen LogP contribution in [0, 0.1) is 0 Å². The molecule has 2 nitrogen and oxygen atoms in total. The Labute approximate surface area is 93.2 Å². The van der Waals surface area contributed by atoms with Crippen LogP contribution in [0.25, 0.3) is 0 Å². The van der Waals surface area contributed by atoms with Gasteiger partial charge in [-0.2, -0.15) is 13.2 Å². The van der Waals surface area contributed by atoms with Gasteiger partial charge in [0.05, 0.1) is 4.90 Å². The van der Waals surface area contributed by atoms with Gasteiger partial charge in [0, 0.05) is 4.47 Å². The van der Waals surface area contributed by atoms with E-state index in [2.05, 4.69) is 15.9 Å². The number of alkyl halides is 3. The van der Waals surface area contributed by atoms with Crippen LogP contribution in [0.2, 0.25) is 0 Å². The molecule has 0 atom stereocenters. The average Bonchev–Trinajstić information content (AvgIpc) is 2.00. The summed E-state index contributed by atoms with van der Waals surface area (Å²) in [6.07, 6.45) is -4.72. The first kappa shape index (κ1) is 12.5. The fraction of sp³-hybridized carbons (Fsp3) is 0.250. The van der Waals surface area contributed by atoms with Gasteiger partial charge in [-0.25, -0.2) is 8.42 Å². The molecule has 0 radical (unpaired) electrons. The Hall–Kier alpha value is -0.560. The monoisotopic (exact) mass is 302 g/mol. The van der Waals surface area contributed by atoms with Gasteiger partial charge in [0.15, 0.2) is 15.6 Å². The number of hydrogen-bond donors (Lipinski definition) is 0. The summed E-state index contributed by atoms with van der Waals surface area (Å²) in [5, 5.41) is 0. The van der Waals surface area contributed by atoms with Crippen molar-refractivity contribution in [2.75, 3.05) is 5.75 Å². The second-order valence-electron chi connectivity index (χ2n) is 2.83. The van der Waals surface area contributed by atoms with E-state index in [1.165, 1.54) is 12.1 Å². The maximum absolute atomic E-state index is 11.9. The van der Waals surface area contributed by atoms with Crippen LogP contribution in [0.4, 0.5) is 13.2 Å². The van der Waals surface area contributed by atoms with Gasteiger partial charge in [-0.15, -0.1) is 0 Å². The summed E-state index contributed by atoms with van der Waals surface area (Å²) < 4.78 is 58.8. The largest absolute Gasteiger partial charge is 0.403 e. The van der Waals surface area contributed by atoms with E-state index in [9.17, 15) is 21.6 Å². The van der Waals surface area contributed by atoms with Crippen LogP contribution in [0.5, 0.6) is 0 Å². The maximum Gasteiger partial charge on any atom is 0.403 e. The highest BCUT2D eigenvalue weighted by Crippen LogP contribution is 2.23. The minimum atomic E-state index is -4.72. The van der Waals surface area contributed by atoms with Crippen molar-refractivity contribution in [1.29, 1.82) is 0 Å². The van der Waals surface area contributed by atoms with Crippen molar-refractivity contribution in [1.82, 2.24) is 0 Å². The van der Waals surface area contributed by atoms with E-state index in [0.29, 0.717) is 4.47 Å². The molecule has 0 spiro atoms. The first-order valence-electron chi connectivity index (χ1n) is 3.76. The fourth-order valence-corrected chi connectivity index (χ4v) is 2.35. The lowest BCUT2D eigenvalue weighted by atomic mass is 10.4. The fourth-order valence-electron chi connectivity index (χ4n) is 0.941. The van der Waals surface area contributed by atoms with E-state index in [1.807, 2.05) is 0 Å². The van der Waals surface area contributed by atoms with Crippen LogP contribution in [0.1, 0.15) is 0 Å². The first-order chi connectivity index (χ1) is 6.71. The SMILES string of the molecule is O=S(=O)(CC(F)(F)F)c1ccc(Br)cc1. The van der Waals surface area contributed by atoms with E-state index >= 15 is 0 Å². The molecule has 1 aromatic carbocycles. The van der Waals surface area contributed by atoms with E-state index in [0.717, 1.165) is 12.1 Å². The zero-order valence-electron chi connectivity index (χ0n) is 7.25. The summed E-state index contributed by atoms with van der Waals surface area (Å²) in [7, 11) is -4.28. The summed E-state index contributed by atoms with van der Waals surface area (Å²) in [6, 6.07) is 5.02. The molecule has 0 aliphatic rings. The van der Waals surface area contributed by atoms with Gasteiger partial charge in [0.25, 0.3) is 0 Å². The van der Waals surface area contributed by atoms with Crippen LogP contribution >= 0.6 is 15.9 Å². The summed E-state index contributed by atoms with van der Waals surface area (Å²) in [4.78, 5) is -0.331. The zero-order valence-corrected chi connectivity index (χ0v) is 9.66. The predicted molar refractivity (Wildman–Crippen MR) is 52.2 cm³/mol. The number of halogens is 4. The molecule has 1 aromatic rings. The van der Waals surface area contributed by atoms with Crippen molar-refractivity contribution in [2.24, 2.45) is 0 Å². The topological polar surface area (TPSA) is 34.1 Å². The smallest absolute Gasteiger partial charge is 0.223 e. The van der Waals surface area contributed by atoms with Crippen LogP contribution in [0.3, 0.4) is 0 Å². The molecule has 0 fully saturated rings. The highest BCUT2D eigenvalue weighted by molar-refractivity contribution is 9.10. The standard InChI is InChI=1S/C8H6BrF3O2S/c9-6-1-3-7(4-2-6)15(13,14)5-8(10,11)12/h1-4H,5H2. The third-order valence-electron chi connectivity index (χ3n) is 1.53. The van der Waals surface area contributed by atoms with E-state index < -0.39 is 21.8 Å². The van der Waals surface area contributed by atoms with Crippen molar-refractivity contribution in [2.45, 2.75) is 11.1 Å². The molecule has 1 rings (SSSR count). The summed E-state index contributed by atoms with van der Waals surface area (Å²) >= 11 is 3.06. The van der Waals surface area contributed by atoms with E-state index in [1.54, 1.807) is 0 Å². The highest BCUT2D eigenvalue weighted by Gasteiger charge is 2.35. The second kappa shape index (κ2) is 4.13. The second-order valence-corrected chi connectivity index (χ2v) is 5.73. The van der Waals surface area contributed by atoms with Crippen molar-refractivity contribution in [3.63, 3.8) is 0 Å². The Bertz CT molecular complexity index is 436. The molecule has 0 aliphatic heterocycles. The van der Waals surface area contributed by atoms with Gasteiger partial charge in [0.1, 0.15) is 0 Å². The third kappa shape index (κ3) is 3.83. The Kier molecular flexibility index (Phi) is 3.44. The maximum atomic E-state index is 11.9. The molecular weight excluding hydrogens is 297 g/mol. The Morgan fingerprint density at radius 1 is 1.13 bits per heavy atom. The Morgan fingerprint density at radius 3 is 2.00 bits per heavy atom. The Balaban J connectivity index is 3.02. The van der Waals surface area contributed by atoms with Gasteiger partial charge in [-0.1, -0.05) is 15.9 Å². The highest BCUT2D eigenvalue weighted by atomic mass is 79.9. The number of rotatable bonds is 2. The van der Waals surface area contributed by atoms with Crippen molar-refractivity contribution in [3.8, 4) is 0 Å². The van der Waals surface area contributed by atoms with Gasteiger partial charge in [-0.3, -0.25) is 0 Å². The first-order valence-corrected chi connectivity index (χ1v) is 6.20. The number of sulfone groups is 1. The third-order valence-corrected chi connectivity index (χ3v) is 3.75. The molecular formula is C8H6BrF3O2S. The minimum absolute atomic E-state index is 0.331. The minimum Gasteiger partial charge on any atom is -0.223 e. The molecule has 15 heavy (non-hydrogen) atoms. The van der Waals surface area contributed by atoms with Crippen LogP contribution in [0.15, 0.2) is 33.6 Å². The lowest BCUT2D eigenvalue weighted by Gasteiger charge is -2.07. The predicted octanol–water partition coefficient (Wildman–Crippen LogP) is 2.79. The molecule has 0 aliphatic carbocycles. The molecule has 84 valence electrons. The number of benzene rings is 1. The normalized spacial score (nSPS) is 12.8. The molecule has 0 heterocycles. The van der Waals surface area contributed by atoms with Crippen molar-refractivity contribution < 1.29 is 21.6 Å². The molecule has 0 saturated heterocycles. The summed E-state index contributed by atoms with van der Waals surface area (Å²) in [5.41, 5.74) is 0. The van der Waals surface area contributed by atoms with E-state index in [-0.39, 0.29) is 4.90 Å². The summed E-state index contributed by atoms with van der Waals surface area (Å²) in [6.45, 7) is 0. The lowest BCUT2D eigenvalue weighted by molar-refractivity contribution is -0.106. The van der Waals surface area contributed by atoms with Crippen molar-refractivity contribution in [3.05, 3.63) is 28.7 Å². The van der Waals surface area contributed by atoms with Gasteiger partial charge < -0.3 is 0 Å². The van der Waals surface area contributed by atoms with Crippen LogP contribution in [-0.2, 0) is 9.84 Å². The molecule has 0 aromatic heterocycles. The van der Waals surface area contributed by atoms with Crippen LogP contribution in [-0.4, -0.2) is 20.3 Å².